The van der Waals surface area contributed by atoms with Crippen LogP contribution in [0.25, 0.3) is 0 Å². The standard InChI is InChI=1S/C18H18Cl2N2O2/c1-3-11(2)21-17(23)12-5-4-6-13(9-12)18(24)22-14-7-8-15(19)16(20)10-14/h4-11H,3H2,1-2H3,(H,21,23)(H,22,24). The van der Waals surface area contributed by atoms with Crippen molar-refractivity contribution in [3.8, 4) is 0 Å². The summed E-state index contributed by atoms with van der Waals surface area (Å²) in [6.45, 7) is 3.92. The predicted molar refractivity (Wildman–Crippen MR) is 98.1 cm³/mol. The van der Waals surface area contributed by atoms with E-state index < -0.39 is 0 Å². The summed E-state index contributed by atoms with van der Waals surface area (Å²) in [4.78, 5) is 24.5. The van der Waals surface area contributed by atoms with Crippen molar-refractivity contribution in [1.82, 2.24) is 5.32 Å². The van der Waals surface area contributed by atoms with Crippen LogP contribution in [-0.2, 0) is 0 Å². The third kappa shape index (κ3) is 4.73. The summed E-state index contributed by atoms with van der Waals surface area (Å²) in [5, 5.41) is 6.38. The van der Waals surface area contributed by atoms with Crippen LogP contribution in [0.2, 0.25) is 10.0 Å². The third-order valence-corrected chi connectivity index (χ3v) is 4.29. The second kappa shape index (κ2) is 8.18. The van der Waals surface area contributed by atoms with Crippen LogP contribution in [0.4, 0.5) is 5.69 Å². The fraction of sp³-hybridized carbons (Fsp3) is 0.222. The molecule has 2 rings (SSSR count). The molecule has 2 aromatic carbocycles. The topological polar surface area (TPSA) is 58.2 Å². The molecule has 1 atom stereocenters. The number of rotatable bonds is 5. The lowest BCUT2D eigenvalue weighted by Crippen LogP contribution is -2.32. The van der Waals surface area contributed by atoms with Gasteiger partial charge in [-0.1, -0.05) is 36.2 Å². The molecule has 2 amide bonds. The van der Waals surface area contributed by atoms with Gasteiger partial charge in [0.15, 0.2) is 0 Å². The van der Waals surface area contributed by atoms with E-state index in [4.69, 9.17) is 23.2 Å². The van der Waals surface area contributed by atoms with Crippen LogP contribution in [0, 0.1) is 0 Å². The number of hydrogen-bond acceptors (Lipinski definition) is 2. The molecular weight excluding hydrogens is 347 g/mol. The van der Waals surface area contributed by atoms with Gasteiger partial charge < -0.3 is 10.6 Å². The number of halogens is 2. The van der Waals surface area contributed by atoms with Crippen LogP contribution in [0.15, 0.2) is 42.5 Å². The van der Waals surface area contributed by atoms with Gasteiger partial charge in [0.05, 0.1) is 10.0 Å². The van der Waals surface area contributed by atoms with Gasteiger partial charge in [-0.3, -0.25) is 9.59 Å². The highest BCUT2D eigenvalue weighted by molar-refractivity contribution is 6.42. The molecule has 4 nitrogen and oxygen atoms in total. The smallest absolute Gasteiger partial charge is 0.255 e. The lowest BCUT2D eigenvalue weighted by molar-refractivity contribution is 0.0939. The monoisotopic (exact) mass is 364 g/mol. The van der Waals surface area contributed by atoms with Crippen LogP contribution in [0.3, 0.4) is 0 Å². The van der Waals surface area contributed by atoms with E-state index in [1.54, 1.807) is 42.5 Å². The van der Waals surface area contributed by atoms with Crippen LogP contribution >= 0.6 is 23.2 Å². The Morgan fingerprint density at radius 3 is 2.29 bits per heavy atom. The Hall–Kier alpha value is -2.04. The number of nitrogens with one attached hydrogen (secondary N) is 2. The Labute approximate surface area is 151 Å². The zero-order valence-electron chi connectivity index (χ0n) is 13.4. The lowest BCUT2D eigenvalue weighted by atomic mass is 10.1. The van der Waals surface area contributed by atoms with Gasteiger partial charge in [-0.25, -0.2) is 0 Å². The summed E-state index contributed by atoms with van der Waals surface area (Å²) in [5.74, 6) is -0.528. The molecule has 0 aliphatic rings. The summed E-state index contributed by atoms with van der Waals surface area (Å²) in [6.07, 6.45) is 0.837. The van der Waals surface area contributed by atoms with Gasteiger partial charge in [0.25, 0.3) is 11.8 Å². The van der Waals surface area contributed by atoms with Gasteiger partial charge in [-0.15, -0.1) is 0 Å². The van der Waals surface area contributed by atoms with E-state index in [2.05, 4.69) is 10.6 Å². The van der Waals surface area contributed by atoms with Crippen LogP contribution in [-0.4, -0.2) is 17.9 Å². The first-order valence-corrected chi connectivity index (χ1v) is 8.33. The number of benzene rings is 2. The summed E-state index contributed by atoms with van der Waals surface area (Å²) < 4.78 is 0. The van der Waals surface area contributed by atoms with E-state index >= 15 is 0 Å². The Balaban J connectivity index is 2.13. The summed E-state index contributed by atoms with van der Waals surface area (Å²) in [5.41, 5.74) is 1.36. The number of carbonyl (C=O) groups excluding carboxylic acids is 2. The molecule has 6 heteroatoms. The fourth-order valence-corrected chi connectivity index (χ4v) is 2.29. The van der Waals surface area contributed by atoms with Crippen LogP contribution < -0.4 is 10.6 Å². The first-order valence-electron chi connectivity index (χ1n) is 7.58. The molecule has 0 radical (unpaired) electrons. The van der Waals surface area contributed by atoms with Gasteiger partial charge in [0.1, 0.15) is 0 Å². The average Bonchev–Trinajstić information content (AvgIpc) is 2.58. The van der Waals surface area contributed by atoms with E-state index in [9.17, 15) is 9.59 Å². The molecule has 126 valence electrons. The zero-order valence-corrected chi connectivity index (χ0v) is 14.9. The molecule has 0 saturated heterocycles. The van der Waals surface area contributed by atoms with E-state index in [-0.39, 0.29) is 17.9 Å². The minimum Gasteiger partial charge on any atom is -0.350 e. The molecule has 0 fully saturated rings. The number of carbonyl (C=O) groups is 2. The lowest BCUT2D eigenvalue weighted by Gasteiger charge is -2.12. The number of hydrogen-bond donors (Lipinski definition) is 2. The molecule has 2 N–H and O–H groups in total. The van der Waals surface area contributed by atoms with E-state index in [1.165, 1.54) is 0 Å². The molecule has 24 heavy (non-hydrogen) atoms. The Morgan fingerprint density at radius 1 is 1.00 bits per heavy atom. The summed E-state index contributed by atoms with van der Waals surface area (Å²) in [7, 11) is 0. The molecule has 0 heterocycles. The predicted octanol–water partition coefficient (Wildman–Crippen LogP) is 4.77. The molecule has 0 spiro atoms. The second-order valence-electron chi connectivity index (χ2n) is 5.45. The van der Waals surface area contributed by atoms with Crippen LogP contribution in [0.1, 0.15) is 41.0 Å². The molecule has 0 bridgehead atoms. The molecule has 0 saturated carbocycles. The SMILES string of the molecule is CCC(C)NC(=O)c1cccc(C(=O)Nc2ccc(Cl)c(Cl)c2)c1. The Bertz CT molecular complexity index is 762. The molecule has 0 aliphatic carbocycles. The van der Waals surface area contributed by atoms with E-state index in [0.717, 1.165) is 6.42 Å². The van der Waals surface area contributed by atoms with Gasteiger partial charge in [0, 0.05) is 22.9 Å². The first-order chi connectivity index (χ1) is 11.4. The van der Waals surface area contributed by atoms with Crippen molar-refractivity contribution in [2.75, 3.05) is 5.32 Å². The highest BCUT2D eigenvalue weighted by atomic mass is 35.5. The Kier molecular flexibility index (Phi) is 6.23. The quantitative estimate of drug-likeness (QED) is 0.802. The number of anilines is 1. The van der Waals surface area contributed by atoms with Crippen molar-refractivity contribution < 1.29 is 9.59 Å². The summed E-state index contributed by atoms with van der Waals surface area (Å²) in [6, 6.07) is 11.5. The van der Waals surface area contributed by atoms with Gasteiger partial charge in [-0.05, 0) is 49.7 Å². The van der Waals surface area contributed by atoms with E-state index in [0.29, 0.717) is 26.9 Å². The number of amides is 2. The van der Waals surface area contributed by atoms with Gasteiger partial charge in [-0.2, -0.15) is 0 Å². The minimum absolute atomic E-state index is 0.0752. The summed E-state index contributed by atoms with van der Waals surface area (Å²) >= 11 is 11.8. The molecular formula is C18H18Cl2N2O2. The second-order valence-corrected chi connectivity index (χ2v) is 6.26. The first kappa shape index (κ1) is 18.3. The zero-order chi connectivity index (χ0) is 17.7. The van der Waals surface area contributed by atoms with E-state index in [1.807, 2.05) is 13.8 Å². The van der Waals surface area contributed by atoms with Crippen LogP contribution in [0.5, 0.6) is 0 Å². The molecule has 0 aliphatic heterocycles. The average molecular weight is 365 g/mol. The van der Waals surface area contributed by atoms with Crippen molar-refractivity contribution in [3.63, 3.8) is 0 Å². The van der Waals surface area contributed by atoms with Crippen molar-refractivity contribution in [3.05, 3.63) is 63.6 Å². The molecule has 2 aromatic rings. The normalized spacial score (nSPS) is 11.7. The molecule has 0 aromatic heterocycles. The maximum Gasteiger partial charge on any atom is 0.255 e. The highest BCUT2D eigenvalue weighted by Crippen LogP contribution is 2.25. The van der Waals surface area contributed by atoms with Gasteiger partial charge >= 0.3 is 0 Å². The van der Waals surface area contributed by atoms with Crippen molar-refractivity contribution in [2.24, 2.45) is 0 Å². The largest absolute Gasteiger partial charge is 0.350 e. The third-order valence-electron chi connectivity index (χ3n) is 3.55. The molecule has 1 unspecified atom stereocenters. The maximum absolute atomic E-state index is 12.3. The van der Waals surface area contributed by atoms with Crippen molar-refractivity contribution in [1.29, 1.82) is 0 Å². The van der Waals surface area contributed by atoms with Crippen molar-refractivity contribution in [2.45, 2.75) is 26.3 Å². The fourth-order valence-electron chi connectivity index (χ4n) is 1.99. The minimum atomic E-state index is -0.327. The highest BCUT2D eigenvalue weighted by Gasteiger charge is 2.12. The maximum atomic E-state index is 12.3. The van der Waals surface area contributed by atoms with Crippen molar-refractivity contribution >= 4 is 40.7 Å². The Morgan fingerprint density at radius 2 is 1.67 bits per heavy atom. The van der Waals surface area contributed by atoms with Gasteiger partial charge in [0.2, 0.25) is 0 Å².